The van der Waals surface area contributed by atoms with Crippen LogP contribution in [0.4, 0.5) is 0 Å². The molecule has 3 heteroatoms. The van der Waals surface area contributed by atoms with Gasteiger partial charge in [0.05, 0.1) is 0 Å². The highest BCUT2D eigenvalue weighted by atomic mass is 79.9. The van der Waals surface area contributed by atoms with Crippen molar-refractivity contribution in [1.29, 1.82) is 0 Å². The Bertz CT molecular complexity index is 289. The number of thiophene rings is 1. The van der Waals surface area contributed by atoms with Gasteiger partial charge in [0.2, 0.25) is 0 Å². The largest absolute Gasteiger partial charge is 0.302 e. The Morgan fingerprint density at radius 2 is 2.12 bits per heavy atom. The van der Waals surface area contributed by atoms with Gasteiger partial charge in [0.25, 0.3) is 0 Å². The Kier molecular flexibility index (Phi) is 5.48. The smallest absolute Gasteiger partial charge is 0.0239 e. The van der Waals surface area contributed by atoms with E-state index in [4.69, 9.17) is 0 Å². The van der Waals surface area contributed by atoms with E-state index in [-0.39, 0.29) is 0 Å². The van der Waals surface area contributed by atoms with Gasteiger partial charge in [0.1, 0.15) is 0 Å². The molecule has 1 heterocycles. The number of hydrogen-bond donors (Lipinski definition) is 0. The SMILES string of the molecule is CN(Cc1ccsc1)CC(CBr)C(C)(C)C. The molecule has 1 aromatic heterocycles. The fraction of sp³-hybridized carbons (Fsp3) is 0.692. The maximum absolute atomic E-state index is 3.63. The topological polar surface area (TPSA) is 3.24 Å². The fourth-order valence-corrected chi connectivity index (χ4v) is 3.52. The third kappa shape index (κ3) is 4.56. The normalized spacial score (nSPS) is 14.4. The van der Waals surface area contributed by atoms with Crippen LogP contribution in [0, 0.1) is 11.3 Å². The minimum Gasteiger partial charge on any atom is -0.302 e. The average molecular weight is 304 g/mol. The molecule has 1 unspecified atom stereocenters. The lowest BCUT2D eigenvalue weighted by atomic mass is 9.82. The van der Waals surface area contributed by atoms with E-state index in [1.54, 1.807) is 11.3 Å². The average Bonchev–Trinajstić information content (AvgIpc) is 2.64. The van der Waals surface area contributed by atoms with Gasteiger partial charge in [0, 0.05) is 18.4 Å². The van der Waals surface area contributed by atoms with Gasteiger partial charge in [-0.05, 0) is 40.8 Å². The summed E-state index contributed by atoms with van der Waals surface area (Å²) in [5.74, 6) is 0.691. The monoisotopic (exact) mass is 303 g/mol. The second-order valence-corrected chi connectivity index (χ2v) is 6.97. The molecule has 0 aliphatic carbocycles. The molecule has 0 saturated carbocycles. The van der Waals surface area contributed by atoms with Crippen molar-refractivity contribution in [2.75, 3.05) is 18.9 Å². The molecule has 16 heavy (non-hydrogen) atoms. The van der Waals surface area contributed by atoms with Gasteiger partial charge in [-0.25, -0.2) is 0 Å². The number of nitrogens with zero attached hydrogens (tertiary/aromatic N) is 1. The van der Waals surface area contributed by atoms with E-state index in [1.807, 2.05) is 0 Å². The molecule has 0 spiro atoms. The first-order valence-electron chi connectivity index (χ1n) is 5.69. The molecule has 0 bridgehead atoms. The molecule has 0 N–H and O–H groups in total. The Hall–Kier alpha value is 0.140. The maximum Gasteiger partial charge on any atom is 0.0239 e. The van der Waals surface area contributed by atoms with Gasteiger partial charge in [-0.2, -0.15) is 11.3 Å². The van der Waals surface area contributed by atoms with Crippen LogP contribution in [0.25, 0.3) is 0 Å². The van der Waals surface area contributed by atoms with Crippen molar-refractivity contribution in [1.82, 2.24) is 4.90 Å². The zero-order valence-electron chi connectivity index (χ0n) is 10.7. The summed E-state index contributed by atoms with van der Waals surface area (Å²) in [4.78, 5) is 2.42. The minimum atomic E-state index is 0.367. The Labute approximate surface area is 112 Å². The van der Waals surface area contributed by atoms with Crippen molar-refractivity contribution in [3.05, 3.63) is 22.4 Å². The summed E-state index contributed by atoms with van der Waals surface area (Å²) in [5, 5.41) is 5.45. The van der Waals surface area contributed by atoms with Gasteiger partial charge in [-0.15, -0.1) is 0 Å². The van der Waals surface area contributed by atoms with E-state index in [0.29, 0.717) is 11.3 Å². The van der Waals surface area contributed by atoms with E-state index < -0.39 is 0 Å². The van der Waals surface area contributed by atoms with E-state index in [0.717, 1.165) is 18.4 Å². The van der Waals surface area contributed by atoms with Crippen LogP contribution in [0.1, 0.15) is 26.3 Å². The second kappa shape index (κ2) is 6.18. The highest BCUT2D eigenvalue weighted by Crippen LogP contribution is 2.28. The molecule has 0 radical (unpaired) electrons. The number of halogens is 1. The number of rotatable bonds is 5. The lowest BCUT2D eigenvalue weighted by Gasteiger charge is -2.32. The van der Waals surface area contributed by atoms with Crippen molar-refractivity contribution in [3.63, 3.8) is 0 Å². The number of alkyl halides is 1. The van der Waals surface area contributed by atoms with Crippen LogP contribution < -0.4 is 0 Å². The van der Waals surface area contributed by atoms with Crippen molar-refractivity contribution in [3.8, 4) is 0 Å². The van der Waals surface area contributed by atoms with Crippen LogP contribution in [0.3, 0.4) is 0 Å². The standard InChI is InChI=1S/C13H22BrNS/c1-13(2,3)12(7-14)9-15(4)8-11-5-6-16-10-11/h5-6,10,12H,7-9H2,1-4H3. The minimum absolute atomic E-state index is 0.367. The highest BCUT2D eigenvalue weighted by molar-refractivity contribution is 9.09. The summed E-state index contributed by atoms with van der Waals surface area (Å²) in [6.07, 6.45) is 0. The third-order valence-corrected chi connectivity index (χ3v) is 4.49. The summed E-state index contributed by atoms with van der Waals surface area (Å²) in [6, 6.07) is 2.21. The summed E-state index contributed by atoms with van der Waals surface area (Å²) < 4.78 is 0. The first-order valence-corrected chi connectivity index (χ1v) is 7.75. The molecule has 0 aliphatic rings. The van der Waals surface area contributed by atoms with Gasteiger partial charge in [0.15, 0.2) is 0 Å². The molecule has 92 valence electrons. The van der Waals surface area contributed by atoms with Crippen LogP contribution >= 0.6 is 27.3 Å². The molecule has 0 aromatic carbocycles. The molecule has 0 amide bonds. The van der Waals surface area contributed by atoms with Crippen LogP contribution in [0.2, 0.25) is 0 Å². The predicted octanol–water partition coefficient (Wildman–Crippen LogP) is 4.24. The zero-order chi connectivity index (χ0) is 12.2. The van der Waals surface area contributed by atoms with Gasteiger partial charge < -0.3 is 4.90 Å². The molecule has 0 aliphatic heterocycles. The van der Waals surface area contributed by atoms with E-state index in [2.05, 4.69) is 65.5 Å². The molecule has 1 aromatic rings. The molecular formula is C13H22BrNS. The van der Waals surface area contributed by atoms with Crippen LogP contribution in [-0.2, 0) is 6.54 Å². The Morgan fingerprint density at radius 3 is 2.56 bits per heavy atom. The van der Waals surface area contributed by atoms with E-state index in [1.165, 1.54) is 5.56 Å². The molecule has 1 rings (SSSR count). The highest BCUT2D eigenvalue weighted by Gasteiger charge is 2.24. The second-order valence-electron chi connectivity index (χ2n) is 5.55. The summed E-state index contributed by atoms with van der Waals surface area (Å²) in [6.45, 7) is 9.15. The lowest BCUT2D eigenvalue weighted by Crippen LogP contribution is -2.34. The fourth-order valence-electron chi connectivity index (χ4n) is 1.69. The van der Waals surface area contributed by atoms with Gasteiger partial charge in [-0.3, -0.25) is 0 Å². The summed E-state index contributed by atoms with van der Waals surface area (Å²) in [5.41, 5.74) is 1.79. The van der Waals surface area contributed by atoms with Crippen molar-refractivity contribution in [2.24, 2.45) is 11.3 Å². The summed E-state index contributed by atoms with van der Waals surface area (Å²) in [7, 11) is 2.21. The van der Waals surface area contributed by atoms with Crippen LogP contribution in [-0.4, -0.2) is 23.8 Å². The van der Waals surface area contributed by atoms with E-state index in [9.17, 15) is 0 Å². The Morgan fingerprint density at radius 1 is 1.44 bits per heavy atom. The zero-order valence-corrected chi connectivity index (χ0v) is 13.1. The van der Waals surface area contributed by atoms with E-state index >= 15 is 0 Å². The van der Waals surface area contributed by atoms with Gasteiger partial charge in [-0.1, -0.05) is 36.7 Å². The quantitative estimate of drug-likeness (QED) is 0.736. The number of hydrogen-bond acceptors (Lipinski definition) is 2. The molecule has 1 atom stereocenters. The first-order chi connectivity index (χ1) is 7.43. The molecular weight excluding hydrogens is 282 g/mol. The first kappa shape index (κ1) is 14.2. The van der Waals surface area contributed by atoms with Crippen molar-refractivity contribution < 1.29 is 0 Å². The Balaban J connectivity index is 2.46. The molecule has 0 fully saturated rings. The third-order valence-electron chi connectivity index (χ3n) is 2.98. The van der Waals surface area contributed by atoms with Gasteiger partial charge >= 0.3 is 0 Å². The molecule has 0 saturated heterocycles. The molecule has 1 nitrogen and oxygen atoms in total. The van der Waals surface area contributed by atoms with Crippen LogP contribution in [0.5, 0.6) is 0 Å². The lowest BCUT2D eigenvalue weighted by molar-refractivity contribution is 0.184. The van der Waals surface area contributed by atoms with Crippen LogP contribution in [0.15, 0.2) is 16.8 Å². The maximum atomic E-state index is 3.63. The predicted molar refractivity (Wildman–Crippen MR) is 77.4 cm³/mol. The van der Waals surface area contributed by atoms with Crippen molar-refractivity contribution >= 4 is 27.3 Å². The van der Waals surface area contributed by atoms with Crippen molar-refractivity contribution in [2.45, 2.75) is 27.3 Å². The summed E-state index contributed by atoms with van der Waals surface area (Å²) >= 11 is 5.41.